The predicted molar refractivity (Wildman–Crippen MR) is 108 cm³/mol. The third-order valence-electron chi connectivity index (χ3n) is 4.95. The maximum Gasteiger partial charge on any atom is 0.323 e. The van der Waals surface area contributed by atoms with Gasteiger partial charge in [0, 0.05) is 12.8 Å². The number of carboxylic acids is 1. The monoisotopic (exact) mass is 432 g/mol. The first kappa shape index (κ1) is 27.8. The Balaban J connectivity index is 4.87. The molecule has 0 aromatic heterocycles. The SMILES string of the molecule is CC[C@H](C)[C@H](N)C(=O)OCC(COC(=O)CCCC(=O)O)OC(=O)[C@@H](N)[C@@H](C)CC. The summed E-state index contributed by atoms with van der Waals surface area (Å²) in [6.07, 6.45) is 0.158. The van der Waals surface area contributed by atoms with E-state index in [4.69, 9.17) is 30.8 Å². The topological polar surface area (TPSA) is 168 Å². The normalized spacial score (nSPS) is 15.9. The number of nitrogens with two attached hydrogens (primary N) is 2. The van der Waals surface area contributed by atoms with Gasteiger partial charge in [-0.05, 0) is 18.3 Å². The summed E-state index contributed by atoms with van der Waals surface area (Å²) < 4.78 is 15.5. The minimum Gasteiger partial charge on any atom is -0.481 e. The van der Waals surface area contributed by atoms with Crippen molar-refractivity contribution in [3.05, 3.63) is 0 Å². The van der Waals surface area contributed by atoms with Gasteiger partial charge in [0.05, 0.1) is 0 Å². The number of ether oxygens (including phenoxy) is 3. The van der Waals surface area contributed by atoms with Gasteiger partial charge in [0.1, 0.15) is 25.3 Å². The van der Waals surface area contributed by atoms with Crippen LogP contribution in [0.25, 0.3) is 0 Å². The van der Waals surface area contributed by atoms with Gasteiger partial charge in [0.2, 0.25) is 0 Å². The van der Waals surface area contributed by atoms with E-state index in [0.717, 1.165) is 0 Å². The summed E-state index contributed by atoms with van der Waals surface area (Å²) in [6.45, 7) is 6.69. The Hall–Kier alpha value is -2.20. The van der Waals surface area contributed by atoms with Crippen molar-refractivity contribution in [2.24, 2.45) is 23.3 Å². The molecule has 0 amide bonds. The van der Waals surface area contributed by atoms with Crippen LogP contribution in [0, 0.1) is 11.8 Å². The fourth-order valence-corrected chi connectivity index (χ4v) is 2.24. The van der Waals surface area contributed by atoms with Gasteiger partial charge in [-0.3, -0.25) is 19.2 Å². The van der Waals surface area contributed by atoms with E-state index >= 15 is 0 Å². The number of esters is 3. The molecular formula is C20H36N2O8. The van der Waals surface area contributed by atoms with Gasteiger partial charge in [-0.15, -0.1) is 0 Å². The van der Waals surface area contributed by atoms with Crippen molar-refractivity contribution in [1.29, 1.82) is 0 Å². The molecule has 0 saturated carbocycles. The summed E-state index contributed by atoms with van der Waals surface area (Å²) in [5, 5.41) is 8.60. The number of aliphatic carboxylic acids is 1. The molecule has 0 aliphatic carbocycles. The molecule has 0 aliphatic heterocycles. The van der Waals surface area contributed by atoms with Crippen LogP contribution in [0.5, 0.6) is 0 Å². The van der Waals surface area contributed by atoms with Crippen LogP contribution in [0.3, 0.4) is 0 Å². The van der Waals surface area contributed by atoms with Gasteiger partial charge in [-0.25, -0.2) is 0 Å². The molecule has 0 rings (SSSR count). The molecule has 0 heterocycles. The number of carboxylic acid groups (broad SMARTS) is 1. The first-order chi connectivity index (χ1) is 14.0. The van der Waals surface area contributed by atoms with E-state index in [9.17, 15) is 19.2 Å². The van der Waals surface area contributed by atoms with Crippen molar-refractivity contribution in [2.75, 3.05) is 13.2 Å². The van der Waals surface area contributed by atoms with Gasteiger partial charge in [-0.1, -0.05) is 40.5 Å². The Kier molecular flexibility index (Phi) is 13.7. The van der Waals surface area contributed by atoms with Crippen molar-refractivity contribution in [3.8, 4) is 0 Å². The maximum atomic E-state index is 12.3. The van der Waals surface area contributed by atoms with E-state index in [1.165, 1.54) is 0 Å². The smallest absolute Gasteiger partial charge is 0.323 e. The van der Waals surface area contributed by atoms with Crippen LogP contribution < -0.4 is 11.5 Å². The van der Waals surface area contributed by atoms with Gasteiger partial charge >= 0.3 is 23.9 Å². The molecule has 0 radical (unpaired) electrons. The lowest BCUT2D eigenvalue weighted by atomic mass is 10.0. The second-order valence-electron chi connectivity index (χ2n) is 7.44. The van der Waals surface area contributed by atoms with E-state index in [-0.39, 0.29) is 44.3 Å². The molecule has 10 nitrogen and oxygen atoms in total. The predicted octanol–water partition coefficient (Wildman–Crippen LogP) is 0.986. The number of hydrogen-bond acceptors (Lipinski definition) is 9. The molecular weight excluding hydrogens is 396 g/mol. The molecule has 0 aromatic carbocycles. The summed E-state index contributed by atoms with van der Waals surface area (Å²) in [5.41, 5.74) is 11.7. The Morgan fingerprint density at radius 2 is 1.33 bits per heavy atom. The highest BCUT2D eigenvalue weighted by atomic mass is 16.6. The second-order valence-corrected chi connectivity index (χ2v) is 7.44. The highest BCUT2D eigenvalue weighted by Crippen LogP contribution is 2.11. The summed E-state index contributed by atoms with van der Waals surface area (Å²) in [4.78, 5) is 46.6. The van der Waals surface area contributed by atoms with Crippen LogP contribution in [0.4, 0.5) is 0 Å². The van der Waals surface area contributed by atoms with Crippen LogP contribution in [-0.2, 0) is 33.4 Å². The zero-order valence-electron chi connectivity index (χ0n) is 18.3. The molecule has 0 aliphatic rings. The highest BCUT2D eigenvalue weighted by Gasteiger charge is 2.27. The maximum absolute atomic E-state index is 12.3. The first-order valence-corrected chi connectivity index (χ1v) is 10.3. The third kappa shape index (κ3) is 11.1. The molecule has 30 heavy (non-hydrogen) atoms. The molecule has 0 spiro atoms. The lowest BCUT2D eigenvalue weighted by molar-refractivity contribution is -0.169. The number of hydrogen-bond donors (Lipinski definition) is 3. The van der Waals surface area contributed by atoms with Crippen LogP contribution in [0.2, 0.25) is 0 Å². The number of carbonyl (C=O) groups is 4. The number of rotatable bonds is 15. The fourth-order valence-electron chi connectivity index (χ4n) is 2.24. The summed E-state index contributed by atoms with van der Waals surface area (Å²) in [7, 11) is 0. The highest BCUT2D eigenvalue weighted by molar-refractivity contribution is 5.77. The molecule has 5 N–H and O–H groups in total. The molecule has 0 saturated heterocycles. The lowest BCUT2D eigenvalue weighted by Gasteiger charge is -2.23. The first-order valence-electron chi connectivity index (χ1n) is 10.3. The Labute approximate surface area is 177 Å². The minimum absolute atomic E-state index is 0.0932. The standard InChI is InChI=1S/C20H36N2O8/c1-5-12(3)17(21)19(26)29-11-14(30-20(27)18(22)13(4)6-2)10-28-16(25)9-7-8-15(23)24/h12-14,17-18H,5-11,21-22H2,1-4H3,(H,23,24)/t12-,13-,14?,17-,18-/m0/s1. The van der Waals surface area contributed by atoms with Gasteiger partial charge in [0.25, 0.3) is 0 Å². The van der Waals surface area contributed by atoms with Crippen molar-refractivity contribution >= 4 is 23.9 Å². The molecule has 0 fully saturated rings. The second kappa shape index (κ2) is 14.7. The molecule has 0 bridgehead atoms. The summed E-state index contributed by atoms with van der Waals surface area (Å²) >= 11 is 0. The van der Waals surface area contributed by atoms with E-state index in [1.54, 1.807) is 6.92 Å². The van der Waals surface area contributed by atoms with E-state index < -0.39 is 42.1 Å². The average Bonchev–Trinajstić information content (AvgIpc) is 2.72. The average molecular weight is 433 g/mol. The van der Waals surface area contributed by atoms with Crippen molar-refractivity contribution in [1.82, 2.24) is 0 Å². The molecule has 1 unspecified atom stereocenters. The van der Waals surface area contributed by atoms with E-state index in [1.807, 2.05) is 20.8 Å². The summed E-state index contributed by atoms with van der Waals surface area (Å²) in [6, 6.07) is -1.70. The molecule has 0 aromatic rings. The summed E-state index contributed by atoms with van der Waals surface area (Å²) in [5.74, 6) is -3.23. The molecule has 174 valence electrons. The minimum atomic E-state index is -1.05. The lowest BCUT2D eigenvalue weighted by Crippen LogP contribution is -2.43. The zero-order valence-corrected chi connectivity index (χ0v) is 18.3. The van der Waals surface area contributed by atoms with Crippen LogP contribution in [0.1, 0.15) is 59.8 Å². The van der Waals surface area contributed by atoms with Crippen molar-refractivity contribution in [3.63, 3.8) is 0 Å². The van der Waals surface area contributed by atoms with E-state index in [2.05, 4.69) is 0 Å². The zero-order chi connectivity index (χ0) is 23.3. The van der Waals surface area contributed by atoms with Gasteiger partial charge < -0.3 is 30.8 Å². The van der Waals surface area contributed by atoms with Gasteiger partial charge in [0.15, 0.2) is 6.10 Å². The fraction of sp³-hybridized carbons (Fsp3) is 0.800. The van der Waals surface area contributed by atoms with Crippen molar-refractivity contribution in [2.45, 2.75) is 78.0 Å². The quantitative estimate of drug-likeness (QED) is 0.250. The van der Waals surface area contributed by atoms with Crippen LogP contribution in [0.15, 0.2) is 0 Å². The van der Waals surface area contributed by atoms with Crippen molar-refractivity contribution < 1.29 is 38.5 Å². The van der Waals surface area contributed by atoms with E-state index in [0.29, 0.717) is 12.8 Å². The van der Waals surface area contributed by atoms with Gasteiger partial charge in [-0.2, -0.15) is 0 Å². The van der Waals surface area contributed by atoms with Crippen LogP contribution >= 0.6 is 0 Å². The van der Waals surface area contributed by atoms with Crippen LogP contribution in [-0.4, -0.2) is 60.4 Å². The molecule has 5 atom stereocenters. The number of carbonyl (C=O) groups excluding carboxylic acids is 3. The Morgan fingerprint density at radius 1 is 0.833 bits per heavy atom. The third-order valence-corrected chi connectivity index (χ3v) is 4.95. The molecule has 10 heteroatoms. The largest absolute Gasteiger partial charge is 0.481 e. The Bertz CT molecular complexity index is 569. The Morgan fingerprint density at radius 3 is 1.83 bits per heavy atom.